The van der Waals surface area contributed by atoms with E-state index in [1.807, 2.05) is 52.1 Å². The number of nitrogens with two attached hydrogens (primary N) is 1. The Kier molecular flexibility index (Phi) is 17.7. The van der Waals surface area contributed by atoms with E-state index in [0.29, 0.717) is 12.3 Å². The van der Waals surface area contributed by atoms with E-state index in [9.17, 15) is 0 Å². The third-order valence-electron chi connectivity index (χ3n) is 5.96. The van der Waals surface area contributed by atoms with E-state index in [4.69, 9.17) is 10.8 Å². The van der Waals surface area contributed by atoms with Crippen LogP contribution in [0.15, 0.2) is 73.8 Å². The highest BCUT2D eigenvalue weighted by atomic mass is 16.2. The molecule has 0 aliphatic heterocycles. The first-order valence-corrected chi connectivity index (χ1v) is 12.8. The Bertz CT molecular complexity index is 858. The zero-order chi connectivity index (χ0) is 26.6. The van der Waals surface area contributed by atoms with Gasteiger partial charge in [-0.05, 0) is 67.0 Å². The number of hydrogen-bond acceptors (Lipinski definition) is 4. The lowest BCUT2D eigenvalue weighted by Crippen LogP contribution is -2.32. The smallest absolute Gasteiger partial charge is 0.0615 e. The second-order valence-corrected chi connectivity index (χ2v) is 8.03. The van der Waals surface area contributed by atoms with Crippen LogP contribution in [0, 0.1) is 5.92 Å². The van der Waals surface area contributed by atoms with Crippen LogP contribution in [-0.4, -0.2) is 18.8 Å². The summed E-state index contributed by atoms with van der Waals surface area (Å²) in [4.78, 5) is 0. The molecule has 0 fully saturated rings. The number of aliphatic hydroxyl groups is 1. The zero-order valence-corrected chi connectivity index (χ0v) is 22.7. The Morgan fingerprint density at radius 1 is 1.23 bits per heavy atom. The van der Waals surface area contributed by atoms with Crippen molar-refractivity contribution in [2.45, 2.75) is 65.8 Å². The Morgan fingerprint density at radius 2 is 1.94 bits per heavy atom. The molecule has 0 spiro atoms. The number of hydrogen-bond donors (Lipinski definition) is 4. The van der Waals surface area contributed by atoms with Gasteiger partial charge in [0.25, 0.3) is 0 Å². The fraction of sp³-hybridized carbons (Fsp3) is 0.419. The first-order chi connectivity index (χ1) is 17.0. The average Bonchev–Trinajstić information content (AvgIpc) is 2.89. The minimum Gasteiger partial charge on any atom is -0.405 e. The molecule has 2 unspecified atom stereocenters. The average molecular weight is 480 g/mol. The normalized spacial score (nSPS) is 16.9. The SMILES string of the molecule is C/C=C(\CC)NC.C=CCC1CCc2ccc(/C=C\CO)c(C=C)c2C1NC(=C)C/C=C/N.CC. The highest BCUT2D eigenvalue weighted by Gasteiger charge is 2.31. The minimum atomic E-state index is 0.0245. The highest BCUT2D eigenvalue weighted by molar-refractivity contribution is 5.69. The van der Waals surface area contributed by atoms with Crippen LogP contribution in [0.2, 0.25) is 0 Å². The summed E-state index contributed by atoms with van der Waals surface area (Å²) in [5.74, 6) is 0.453. The summed E-state index contributed by atoms with van der Waals surface area (Å²) < 4.78 is 0. The van der Waals surface area contributed by atoms with Crippen molar-refractivity contribution in [2.75, 3.05) is 13.7 Å². The van der Waals surface area contributed by atoms with E-state index in [-0.39, 0.29) is 12.6 Å². The van der Waals surface area contributed by atoms with Crippen LogP contribution < -0.4 is 16.4 Å². The van der Waals surface area contributed by atoms with Gasteiger partial charge in [-0.15, -0.1) is 6.58 Å². The molecule has 35 heavy (non-hydrogen) atoms. The molecule has 0 aromatic heterocycles. The molecule has 4 nitrogen and oxygen atoms in total. The summed E-state index contributed by atoms with van der Waals surface area (Å²) in [5.41, 5.74) is 12.6. The first-order valence-electron chi connectivity index (χ1n) is 12.8. The van der Waals surface area contributed by atoms with Crippen LogP contribution in [-0.2, 0) is 6.42 Å². The maximum absolute atomic E-state index is 9.13. The lowest BCUT2D eigenvalue weighted by Gasteiger charge is -2.36. The van der Waals surface area contributed by atoms with Gasteiger partial charge < -0.3 is 21.5 Å². The maximum atomic E-state index is 9.13. The number of allylic oxidation sites excluding steroid dienone is 4. The summed E-state index contributed by atoms with van der Waals surface area (Å²) in [7, 11) is 1.94. The Labute approximate surface area is 215 Å². The molecule has 0 heterocycles. The van der Waals surface area contributed by atoms with Crippen LogP contribution in [0.1, 0.15) is 81.7 Å². The van der Waals surface area contributed by atoms with Crippen molar-refractivity contribution in [3.63, 3.8) is 0 Å². The molecule has 4 heteroatoms. The summed E-state index contributed by atoms with van der Waals surface area (Å²) in [5, 5.41) is 15.8. The number of aliphatic hydroxyl groups excluding tert-OH is 1. The maximum Gasteiger partial charge on any atom is 0.0615 e. The van der Waals surface area contributed by atoms with Crippen LogP contribution in [0.3, 0.4) is 0 Å². The Hall–Kier alpha value is -2.98. The summed E-state index contributed by atoms with van der Waals surface area (Å²) in [6.07, 6.45) is 18.1. The molecule has 1 aliphatic carbocycles. The van der Waals surface area contributed by atoms with Crippen LogP contribution in [0.5, 0.6) is 0 Å². The van der Waals surface area contributed by atoms with E-state index in [2.05, 4.69) is 55.5 Å². The van der Waals surface area contributed by atoms with Crippen molar-refractivity contribution in [3.05, 3.63) is 96.0 Å². The van der Waals surface area contributed by atoms with Crippen molar-refractivity contribution in [2.24, 2.45) is 11.7 Å². The molecule has 0 bridgehead atoms. The fourth-order valence-corrected chi connectivity index (χ4v) is 4.25. The first kappa shape index (κ1) is 32.0. The predicted molar refractivity (Wildman–Crippen MR) is 157 cm³/mol. The number of aryl methyl sites for hydroxylation is 1. The second-order valence-electron chi connectivity index (χ2n) is 8.03. The van der Waals surface area contributed by atoms with E-state index in [0.717, 1.165) is 42.5 Å². The quantitative estimate of drug-likeness (QED) is 0.257. The van der Waals surface area contributed by atoms with Gasteiger partial charge in [0.2, 0.25) is 0 Å². The minimum absolute atomic E-state index is 0.0245. The van der Waals surface area contributed by atoms with E-state index >= 15 is 0 Å². The predicted octanol–water partition coefficient (Wildman–Crippen LogP) is 7.03. The molecule has 2 rings (SSSR count). The Morgan fingerprint density at radius 3 is 2.43 bits per heavy atom. The standard InChI is InChI=1S/C23H30N2O.C6H13N.C2H6/c1-4-8-20-14-13-19-12-11-18(10-7-16-26)21(5-2)22(19)23(20)25-17(3)9-6-15-24;1-4-6(5-2)7-3;1-2/h4-7,10-12,15,20,23,25-26H,1-3,8-9,13-14,16,24H2;4,7H,5H2,1-3H3;1-2H3/b10-7-,15-6+;6-4+;. The zero-order valence-electron chi connectivity index (χ0n) is 22.7. The molecule has 0 radical (unpaired) electrons. The molecule has 5 N–H and O–H groups in total. The van der Waals surface area contributed by atoms with Gasteiger partial charge in [0.05, 0.1) is 12.6 Å². The van der Waals surface area contributed by atoms with Gasteiger partial charge in [-0.1, -0.05) is 82.5 Å². The molecule has 1 aromatic rings. The number of nitrogens with one attached hydrogen (secondary N) is 2. The van der Waals surface area contributed by atoms with E-state index in [1.54, 1.807) is 12.3 Å². The van der Waals surface area contributed by atoms with Gasteiger partial charge in [0.1, 0.15) is 0 Å². The van der Waals surface area contributed by atoms with Gasteiger partial charge in [-0.2, -0.15) is 0 Å². The molecular weight excluding hydrogens is 430 g/mol. The molecule has 0 saturated heterocycles. The van der Waals surface area contributed by atoms with Crippen molar-refractivity contribution in [1.82, 2.24) is 10.6 Å². The molecule has 194 valence electrons. The largest absolute Gasteiger partial charge is 0.405 e. The Balaban J connectivity index is 0.00000110. The summed E-state index contributed by atoms with van der Waals surface area (Å²) in [6.45, 7) is 20.3. The van der Waals surface area contributed by atoms with E-state index in [1.165, 1.54) is 16.8 Å². The van der Waals surface area contributed by atoms with Gasteiger partial charge in [0, 0.05) is 24.9 Å². The van der Waals surface area contributed by atoms with Gasteiger partial charge >= 0.3 is 0 Å². The number of benzene rings is 1. The van der Waals surface area contributed by atoms with Gasteiger partial charge in [-0.3, -0.25) is 0 Å². The van der Waals surface area contributed by atoms with E-state index < -0.39 is 0 Å². The molecular formula is C31H49N3O. The molecule has 1 aromatic carbocycles. The van der Waals surface area contributed by atoms with Crippen LogP contribution in [0.4, 0.5) is 0 Å². The topological polar surface area (TPSA) is 70.3 Å². The van der Waals surface area contributed by atoms with Crippen molar-refractivity contribution < 1.29 is 5.11 Å². The summed E-state index contributed by atoms with van der Waals surface area (Å²) in [6, 6.07) is 4.46. The fourth-order valence-electron chi connectivity index (χ4n) is 4.25. The third kappa shape index (κ3) is 10.4. The molecule has 2 atom stereocenters. The third-order valence-corrected chi connectivity index (χ3v) is 5.96. The second kappa shape index (κ2) is 19.3. The lowest BCUT2D eigenvalue weighted by atomic mass is 9.75. The number of rotatable bonds is 11. The highest BCUT2D eigenvalue weighted by Crippen LogP contribution is 2.41. The number of fused-ring (bicyclic) bond motifs is 1. The van der Waals surface area contributed by atoms with Crippen LogP contribution >= 0.6 is 0 Å². The molecule has 0 amide bonds. The van der Waals surface area contributed by atoms with Crippen LogP contribution in [0.25, 0.3) is 12.2 Å². The van der Waals surface area contributed by atoms with Crippen molar-refractivity contribution >= 4 is 12.2 Å². The summed E-state index contributed by atoms with van der Waals surface area (Å²) >= 11 is 0. The molecule has 0 saturated carbocycles. The lowest BCUT2D eigenvalue weighted by molar-refractivity contribution is 0.340. The molecule has 1 aliphatic rings. The van der Waals surface area contributed by atoms with Gasteiger partial charge in [0.15, 0.2) is 0 Å². The van der Waals surface area contributed by atoms with Gasteiger partial charge in [-0.25, -0.2) is 0 Å². The van der Waals surface area contributed by atoms with Crippen molar-refractivity contribution in [1.29, 1.82) is 0 Å². The van der Waals surface area contributed by atoms with Crippen molar-refractivity contribution in [3.8, 4) is 0 Å². The monoisotopic (exact) mass is 479 g/mol.